The van der Waals surface area contributed by atoms with Gasteiger partial charge >= 0.3 is 0 Å². The number of halogens is 2. The van der Waals surface area contributed by atoms with Crippen molar-refractivity contribution < 1.29 is 18.7 Å². The summed E-state index contributed by atoms with van der Waals surface area (Å²) in [4.78, 5) is 25.7. The smallest absolute Gasteiger partial charge is 0.291 e. The van der Waals surface area contributed by atoms with Crippen LogP contribution < -0.4 is 10.1 Å². The third kappa shape index (κ3) is 5.38. The molecule has 4 rings (SSSR count). The first-order valence-electron chi connectivity index (χ1n) is 9.67. The lowest BCUT2D eigenvalue weighted by Crippen LogP contribution is -2.14. The maximum absolute atomic E-state index is 12.9. The lowest BCUT2D eigenvalue weighted by Gasteiger charge is -2.10. The molecular formula is C25H17ClINO4. The molecule has 1 N–H and O–H groups in total. The predicted octanol–water partition coefficient (Wildman–Crippen LogP) is 6.60. The Morgan fingerprint density at radius 1 is 0.938 bits per heavy atom. The second-order valence-corrected chi connectivity index (χ2v) is 8.53. The molecule has 0 saturated heterocycles. The first-order chi connectivity index (χ1) is 15.5. The second-order valence-electron chi connectivity index (χ2n) is 6.85. The lowest BCUT2D eigenvalue weighted by molar-refractivity contribution is 0.0992. The van der Waals surface area contributed by atoms with Crippen molar-refractivity contribution >= 4 is 51.6 Å². The number of ether oxygens (including phenoxy) is 1. The minimum atomic E-state index is -0.477. The summed E-state index contributed by atoms with van der Waals surface area (Å²) in [5.74, 6) is 0.604. The number of hydrogen-bond donors (Lipinski definition) is 1. The summed E-state index contributed by atoms with van der Waals surface area (Å²) < 4.78 is 12.4. The third-order valence-corrected chi connectivity index (χ3v) is 5.54. The maximum Gasteiger partial charge on any atom is 0.291 e. The minimum absolute atomic E-state index is 0.110. The summed E-state index contributed by atoms with van der Waals surface area (Å²) in [5.41, 5.74) is 1.14. The molecule has 0 aliphatic heterocycles. The van der Waals surface area contributed by atoms with Crippen LogP contribution in [0.2, 0.25) is 5.02 Å². The Morgan fingerprint density at radius 2 is 1.69 bits per heavy atom. The van der Waals surface area contributed by atoms with Crippen molar-refractivity contribution in [1.82, 2.24) is 0 Å². The van der Waals surface area contributed by atoms with Crippen LogP contribution in [0.25, 0.3) is 0 Å². The quantitative estimate of drug-likeness (QED) is 0.205. The van der Waals surface area contributed by atoms with Gasteiger partial charge in [0.25, 0.3) is 5.91 Å². The molecule has 7 heteroatoms. The zero-order valence-electron chi connectivity index (χ0n) is 16.7. The molecule has 4 aromatic rings. The molecule has 0 fully saturated rings. The summed E-state index contributed by atoms with van der Waals surface area (Å²) in [7, 11) is 0. The molecular weight excluding hydrogens is 541 g/mol. The minimum Gasteiger partial charge on any atom is -0.486 e. The van der Waals surface area contributed by atoms with Gasteiger partial charge in [-0.2, -0.15) is 0 Å². The van der Waals surface area contributed by atoms with Crippen molar-refractivity contribution in [2.75, 3.05) is 5.32 Å². The largest absolute Gasteiger partial charge is 0.486 e. The van der Waals surface area contributed by atoms with E-state index in [9.17, 15) is 9.59 Å². The highest BCUT2D eigenvalue weighted by Crippen LogP contribution is 2.25. The molecule has 1 aromatic heterocycles. The van der Waals surface area contributed by atoms with Gasteiger partial charge in [0, 0.05) is 19.7 Å². The summed E-state index contributed by atoms with van der Waals surface area (Å²) in [6.07, 6.45) is 0. The van der Waals surface area contributed by atoms with Crippen LogP contribution in [0.1, 0.15) is 32.2 Å². The van der Waals surface area contributed by atoms with E-state index in [0.717, 1.165) is 3.57 Å². The van der Waals surface area contributed by atoms with Crippen molar-refractivity contribution in [1.29, 1.82) is 0 Å². The molecule has 160 valence electrons. The summed E-state index contributed by atoms with van der Waals surface area (Å²) in [6, 6.07) is 24.4. The molecule has 0 unspecified atom stereocenters. The van der Waals surface area contributed by atoms with E-state index in [1.165, 1.54) is 6.07 Å². The van der Waals surface area contributed by atoms with Crippen LogP contribution in [0.4, 0.5) is 5.69 Å². The Hall–Kier alpha value is -3.10. The van der Waals surface area contributed by atoms with Gasteiger partial charge in [0.05, 0.1) is 5.69 Å². The predicted molar refractivity (Wildman–Crippen MR) is 131 cm³/mol. The van der Waals surface area contributed by atoms with Gasteiger partial charge in [0.15, 0.2) is 11.5 Å². The second kappa shape index (κ2) is 10.0. The number of benzene rings is 3. The van der Waals surface area contributed by atoms with E-state index in [1.54, 1.807) is 48.5 Å². The van der Waals surface area contributed by atoms with Crippen molar-refractivity contribution in [3.8, 4) is 5.75 Å². The summed E-state index contributed by atoms with van der Waals surface area (Å²) in [5, 5.41) is 3.14. The molecule has 32 heavy (non-hydrogen) atoms. The van der Waals surface area contributed by atoms with Crippen molar-refractivity contribution in [3.05, 3.63) is 116 Å². The van der Waals surface area contributed by atoms with Crippen molar-refractivity contribution in [3.63, 3.8) is 0 Å². The Morgan fingerprint density at radius 3 is 2.44 bits per heavy atom. The van der Waals surface area contributed by atoms with Crippen LogP contribution in [0, 0.1) is 3.57 Å². The standard InChI is InChI=1S/C25H17ClINO4/c26-17-6-12-22(21(14-17)24(29)16-4-2-1-3-5-16)28-25(30)23-13-11-20(32-23)15-31-19-9-7-18(27)8-10-19/h1-14H,15H2,(H,28,30). The molecule has 1 heterocycles. The van der Waals surface area contributed by atoms with E-state index < -0.39 is 5.91 Å². The summed E-state index contributed by atoms with van der Waals surface area (Å²) in [6.45, 7) is 0.187. The molecule has 0 aliphatic carbocycles. The van der Waals surface area contributed by atoms with Gasteiger partial charge < -0.3 is 14.5 Å². The normalized spacial score (nSPS) is 10.6. The number of ketones is 1. The first kappa shape index (κ1) is 22.1. The topological polar surface area (TPSA) is 68.5 Å². The van der Waals surface area contributed by atoms with E-state index >= 15 is 0 Å². The highest BCUT2D eigenvalue weighted by Gasteiger charge is 2.18. The Balaban J connectivity index is 1.47. The monoisotopic (exact) mass is 557 g/mol. The van der Waals surface area contributed by atoms with Gasteiger partial charge in [0.2, 0.25) is 0 Å². The van der Waals surface area contributed by atoms with Gasteiger partial charge in [-0.3, -0.25) is 9.59 Å². The van der Waals surface area contributed by atoms with Crippen molar-refractivity contribution in [2.24, 2.45) is 0 Å². The number of hydrogen-bond acceptors (Lipinski definition) is 4. The van der Waals surface area contributed by atoms with E-state index in [1.807, 2.05) is 30.3 Å². The fourth-order valence-corrected chi connectivity index (χ4v) is 3.54. The number of rotatable bonds is 7. The van der Waals surface area contributed by atoms with Crippen LogP contribution in [-0.4, -0.2) is 11.7 Å². The van der Waals surface area contributed by atoms with Crippen LogP contribution in [0.15, 0.2) is 89.3 Å². The average molecular weight is 558 g/mol. The van der Waals surface area contributed by atoms with Gasteiger partial charge in [-0.25, -0.2) is 0 Å². The van der Waals surface area contributed by atoms with Crippen LogP contribution in [-0.2, 0) is 6.61 Å². The first-order valence-corrected chi connectivity index (χ1v) is 11.1. The van der Waals surface area contributed by atoms with Crippen LogP contribution >= 0.6 is 34.2 Å². The zero-order valence-corrected chi connectivity index (χ0v) is 19.6. The maximum atomic E-state index is 12.9. The number of furan rings is 1. The highest BCUT2D eigenvalue weighted by molar-refractivity contribution is 14.1. The molecule has 0 atom stereocenters. The van der Waals surface area contributed by atoms with E-state index in [2.05, 4.69) is 27.9 Å². The van der Waals surface area contributed by atoms with Gasteiger partial charge in [-0.1, -0.05) is 41.9 Å². The number of carbonyl (C=O) groups is 2. The Labute approximate surface area is 203 Å². The Bertz CT molecular complexity index is 1250. The van der Waals surface area contributed by atoms with Gasteiger partial charge in [0.1, 0.15) is 18.1 Å². The number of carbonyl (C=O) groups excluding carboxylic acids is 2. The highest BCUT2D eigenvalue weighted by atomic mass is 127. The molecule has 3 aromatic carbocycles. The number of anilines is 1. The van der Waals surface area contributed by atoms with Crippen LogP contribution in [0.5, 0.6) is 5.75 Å². The Kier molecular flexibility index (Phi) is 6.92. The fourth-order valence-electron chi connectivity index (χ4n) is 3.01. The lowest BCUT2D eigenvalue weighted by atomic mass is 10.0. The molecule has 5 nitrogen and oxygen atoms in total. The molecule has 0 radical (unpaired) electrons. The molecule has 0 spiro atoms. The number of amides is 1. The summed E-state index contributed by atoms with van der Waals surface area (Å²) >= 11 is 8.32. The zero-order chi connectivity index (χ0) is 22.5. The molecule has 0 saturated carbocycles. The van der Waals surface area contributed by atoms with E-state index in [4.69, 9.17) is 20.8 Å². The van der Waals surface area contributed by atoms with Crippen LogP contribution in [0.3, 0.4) is 0 Å². The fraction of sp³-hybridized carbons (Fsp3) is 0.0400. The average Bonchev–Trinajstić information content (AvgIpc) is 3.29. The molecule has 0 aliphatic rings. The van der Waals surface area contributed by atoms with Crippen molar-refractivity contribution in [2.45, 2.75) is 6.61 Å². The molecule has 1 amide bonds. The third-order valence-electron chi connectivity index (χ3n) is 4.59. The van der Waals surface area contributed by atoms with E-state index in [0.29, 0.717) is 33.3 Å². The number of nitrogens with one attached hydrogen (secondary N) is 1. The van der Waals surface area contributed by atoms with Gasteiger partial charge in [-0.05, 0) is 77.2 Å². The van der Waals surface area contributed by atoms with E-state index in [-0.39, 0.29) is 18.2 Å². The van der Waals surface area contributed by atoms with Gasteiger partial charge in [-0.15, -0.1) is 0 Å². The molecule has 0 bridgehead atoms. The SMILES string of the molecule is O=C(Nc1ccc(Cl)cc1C(=O)c1ccccc1)c1ccc(COc2ccc(I)cc2)o1.